The van der Waals surface area contributed by atoms with Gasteiger partial charge in [-0.25, -0.2) is 4.98 Å². The van der Waals surface area contributed by atoms with E-state index in [0.29, 0.717) is 18.9 Å². The Morgan fingerprint density at radius 2 is 2.00 bits per heavy atom. The number of aromatic nitrogens is 2. The van der Waals surface area contributed by atoms with E-state index >= 15 is 0 Å². The molecule has 0 radical (unpaired) electrons. The van der Waals surface area contributed by atoms with Gasteiger partial charge in [-0.05, 0) is 31.0 Å². The van der Waals surface area contributed by atoms with E-state index in [9.17, 15) is 0 Å². The summed E-state index contributed by atoms with van der Waals surface area (Å²) < 4.78 is 13.9. The van der Waals surface area contributed by atoms with Gasteiger partial charge in [-0.2, -0.15) is 0 Å². The van der Waals surface area contributed by atoms with Crippen molar-refractivity contribution < 1.29 is 9.47 Å². The van der Waals surface area contributed by atoms with Crippen molar-refractivity contribution in [3.8, 4) is 0 Å². The number of fused-ring (bicyclic) bond motifs is 3. The molecular weight excluding hydrogens is 330 g/mol. The molecule has 2 saturated heterocycles. The van der Waals surface area contributed by atoms with E-state index in [1.165, 1.54) is 30.0 Å². The summed E-state index contributed by atoms with van der Waals surface area (Å²) in [5.74, 6) is 0. The van der Waals surface area contributed by atoms with Crippen molar-refractivity contribution in [2.45, 2.75) is 57.5 Å². The summed E-state index contributed by atoms with van der Waals surface area (Å²) in [5.41, 5.74) is 2.22. The Balaban J connectivity index is 1.42. The number of hydrogen-bond donors (Lipinski definition) is 0. The second-order valence-electron chi connectivity index (χ2n) is 8.60. The Morgan fingerprint density at radius 1 is 1.24 bits per heavy atom. The maximum atomic E-state index is 5.94. The Bertz CT molecular complexity index is 728. The number of anilines is 1. The normalized spacial score (nSPS) is 23.6. The van der Waals surface area contributed by atoms with Gasteiger partial charge in [-0.1, -0.05) is 19.6 Å². The van der Waals surface area contributed by atoms with E-state index in [4.69, 9.17) is 14.5 Å². The fourth-order valence-electron chi connectivity index (χ4n) is 3.71. The number of hydrogen-bond acceptors (Lipinski definition) is 4. The van der Waals surface area contributed by atoms with Crippen LogP contribution in [-0.2, 0) is 16.2 Å². The third-order valence-corrected chi connectivity index (χ3v) is 6.93. The zero-order chi connectivity index (χ0) is 17.4. The lowest BCUT2D eigenvalue weighted by Crippen LogP contribution is -2.42. The van der Waals surface area contributed by atoms with Gasteiger partial charge in [0.25, 0.3) is 0 Å². The minimum Gasteiger partial charge on any atom is -0.371 e. The van der Waals surface area contributed by atoms with E-state index in [0.717, 1.165) is 25.3 Å². The summed E-state index contributed by atoms with van der Waals surface area (Å²) in [7, 11) is -1.03. The van der Waals surface area contributed by atoms with Crippen molar-refractivity contribution in [1.29, 1.82) is 0 Å². The van der Waals surface area contributed by atoms with Gasteiger partial charge in [0.05, 0.1) is 24.1 Å². The summed E-state index contributed by atoms with van der Waals surface area (Å²) in [5, 5.41) is 1.19. The minimum atomic E-state index is -1.03. The molecule has 25 heavy (non-hydrogen) atoms. The van der Waals surface area contributed by atoms with Gasteiger partial charge in [-0.3, -0.25) is 0 Å². The van der Waals surface area contributed by atoms with E-state index in [1.807, 2.05) is 6.20 Å². The molecule has 0 spiro atoms. The predicted molar refractivity (Wildman–Crippen MR) is 104 cm³/mol. The number of nitrogens with zero attached hydrogens (tertiary/aromatic N) is 3. The molecule has 0 aromatic carbocycles. The molecule has 6 heteroatoms. The molecule has 4 heterocycles. The number of ether oxygens (including phenoxy) is 2. The summed E-state index contributed by atoms with van der Waals surface area (Å²) in [4.78, 5) is 7.15. The summed E-state index contributed by atoms with van der Waals surface area (Å²) in [6.45, 7) is 10.5. The highest BCUT2D eigenvalue weighted by Gasteiger charge is 2.33. The highest BCUT2D eigenvalue weighted by atomic mass is 28.3. The molecule has 2 aliphatic heterocycles. The first-order valence-electron chi connectivity index (χ1n) is 9.41. The monoisotopic (exact) mass is 359 g/mol. The van der Waals surface area contributed by atoms with Crippen LogP contribution in [0.25, 0.3) is 11.0 Å². The first-order valence-corrected chi connectivity index (χ1v) is 13.1. The number of pyridine rings is 1. The largest absolute Gasteiger partial charge is 0.371 e. The molecule has 5 nitrogen and oxygen atoms in total. The van der Waals surface area contributed by atoms with Crippen LogP contribution in [0.4, 0.5) is 5.69 Å². The van der Waals surface area contributed by atoms with Crippen LogP contribution in [0.2, 0.25) is 25.7 Å². The molecule has 136 valence electrons. The van der Waals surface area contributed by atoms with Crippen LogP contribution in [-0.4, -0.2) is 49.5 Å². The third-order valence-electron chi connectivity index (χ3n) is 5.22. The Hall–Kier alpha value is -1.37. The van der Waals surface area contributed by atoms with Crippen LogP contribution >= 0.6 is 0 Å². The molecule has 0 amide bonds. The lowest BCUT2D eigenvalue weighted by Gasteiger charge is -2.33. The van der Waals surface area contributed by atoms with E-state index < -0.39 is 8.07 Å². The number of morpholine rings is 1. The maximum absolute atomic E-state index is 5.94. The number of rotatable bonds is 6. The molecular formula is C19H29N3O2Si. The molecule has 2 atom stereocenters. The first kappa shape index (κ1) is 17.1. The van der Waals surface area contributed by atoms with E-state index in [-0.39, 0.29) is 0 Å². The van der Waals surface area contributed by atoms with Gasteiger partial charge in [0.2, 0.25) is 0 Å². The zero-order valence-corrected chi connectivity index (χ0v) is 16.6. The van der Waals surface area contributed by atoms with Gasteiger partial charge >= 0.3 is 0 Å². The van der Waals surface area contributed by atoms with E-state index in [2.05, 4.69) is 47.4 Å². The molecule has 2 unspecified atom stereocenters. The average Bonchev–Trinajstić information content (AvgIpc) is 3.13. The topological polar surface area (TPSA) is 39.5 Å². The summed E-state index contributed by atoms with van der Waals surface area (Å²) in [6.07, 6.45) is 7.28. The third kappa shape index (κ3) is 3.91. The second kappa shape index (κ2) is 6.74. The second-order valence-corrected chi connectivity index (χ2v) is 14.2. The highest BCUT2D eigenvalue weighted by Crippen LogP contribution is 2.30. The molecule has 2 aromatic rings. The van der Waals surface area contributed by atoms with Gasteiger partial charge in [0.15, 0.2) is 0 Å². The Morgan fingerprint density at radius 3 is 2.72 bits per heavy atom. The summed E-state index contributed by atoms with van der Waals surface area (Å²) >= 11 is 0. The van der Waals surface area contributed by atoms with Gasteiger partial charge in [0, 0.05) is 39.4 Å². The minimum absolute atomic E-state index is 0.402. The lowest BCUT2D eigenvalue weighted by atomic mass is 10.2. The lowest BCUT2D eigenvalue weighted by molar-refractivity contribution is 0.0305. The molecule has 0 aliphatic carbocycles. The molecule has 0 N–H and O–H groups in total. The SMILES string of the molecule is C[Si](C)(C)CCOCn1ccc2cc(N3CC4CCC(C3)O4)cnc21. The van der Waals surface area contributed by atoms with Gasteiger partial charge in [0.1, 0.15) is 12.4 Å². The first-order chi connectivity index (χ1) is 12.0. The molecule has 2 aromatic heterocycles. The smallest absolute Gasteiger partial charge is 0.141 e. The Labute approximate surface area is 150 Å². The van der Waals surface area contributed by atoms with Crippen LogP contribution in [0.3, 0.4) is 0 Å². The predicted octanol–water partition coefficient (Wildman–Crippen LogP) is 3.72. The molecule has 2 bridgehead atoms. The van der Waals surface area contributed by atoms with Crippen LogP contribution < -0.4 is 4.90 Å². The van der Waals surface area contributed by atoms with Crippen molar-refractivity contribution in [3.05, 3.63) is 24.5 Å². The highest BCUT2D eigenvalue weighted by molar-refractivity contribution is 6.76. The zero-order valence-electron chi connectivity index (χ0n) is 15.6. The molecule has 2 fully saturated rings. The van der Waals surface area contributed by atoms with E-state index in [1.54, 1.807) is 0 Å². The van der Waals surface area contributed by atoms with Crippen LogP contribution in [0, 0.1) is 0 Å². The quantitative estimate of drug-likeness (QED) is 0.582. The van der Waals surface area contributed by atoms with Crippen molar-refractivity contribution in [1.82, 2.24) is 9.55 Å². The molecule has 2 aliphatic rings. The average molecular weight is 360 g/mol. The van der Waals surface area contributed by atoms with Crippen molar-refractivity contribution in [2.75, 3.05) is 24.6 Å². The van der Waals surface area contributed by atoms with Crippen molar-refractivity contribution in [2.24, 2.45) is 0 Å². The maximum Gasteiger partial charge on any atom is 0.141 e. The van der Waals surface area contributed by atoms with Crippen molar-refractivity contribution >= 4 is 24.8 Å². The van der Waals surface area contributed by atoms with Crippen molar-refractivity contribution in [3.63, 3.8) is 0 Å². The molecule has 0 saturated carbocycles. The van der Waals surface area contributed by atoms with Crippen LogP contribution in [0.15, 0.2) is 24.5 Å². The van der Waals surface area contributed by atoms with Gasteiger partial charge in [-0.15, -0.1) is 0 Å². The van der Waals surface area contributed by atoms with Gasteiger partial charge < -0.3 is 18.9 Å². The fourth-order valence-corrected chi connectivity index (χ4v) is 4.47. The Kier molecular flexibility index (Phi) is 4.60. The summed E-state index contributed by atoms with van der Waals surface area (Å²) in [6, 6.07) is 5.59. The standard InChI is InChI=1S/C19H29N3O2Si/c1-25(2,3)9-8-23-14-21-7-6-15-10-16(11-20-19(15)21)22-12-17-4-5-18(13-22)24-17/h6-7,10-11,17-18H,4-5,8-9,12-14H2,1-3H3. The fraction of sp³-hybridized carbons (Fsp3) is 0.632. The van der Waals surface area contributed by atoms with Crippen LogP contribution in [0.5, 0.6) is 0 Å². The molecule has 4 rings (SSSR count). The van der Waals surface area contributed by atoms with Crippen LogP contribution in [0.1, 0.15) is 12.8 Å².